The van der Waals surface area contributed by atoms with E-state index in [9.17, 15) is 0 Å². The molecule has 4 heteroatoms. The minimum Gasteiger partial charge on any atom is -0.394 e. The second kappa shape index (κ2) is 21.1. The minimum atomic E-state index is -0.135. The van der Waals surface area contributed by atoms with Gasteiger partial charge in [0, 0.05) is 0 Å². The molecule has 0 aromatic heterocycles. The lowest BCUT2D eigenvalue weighted by Crippen LogP contribution is -2.28. The number of hydrogen-bond acceptors (Lipinski definition) is 4. The lowest BCUT2D eigenvalue weighted by atomic mass is 10.0. The molecule has 0 fully saturated rings. The largest absolute Gasteiger partial charge is 0.394 e. The SMILES string of the molecule is CCCCCCCCCCC(CCCCC)OC(C)COC(C)COC(C)CO. The van der Waals surface area contributed by atoms with Crippen LogP contribution in [0.5, 0.6) is 0 Å². The summed E-state index contributed by atoms with van der Waals surface area (Å²) < 4.78 is 17.8. The van der Waals surface area contributed by atoms with Crippen molar-refractivity contribution in [1.82, 2.24) is 0 Å². The molecule has 0 radical (unpaired) electrons. The Balaban J connectivity index is 4.03. The summed E-state index contributed by atoms with van der Waals surface area (Å²) in [6.45, 7) is 11.7. The summed E-state index contributed by atoms with van der Waals surface area (Å²) >= 11 is 0. The normalized spacial score (nSPS) is 15.9. The molecule has 1 N–H and O–H groups in total. The number of rotatable bonds is 22. The Morgan fingerprint density at radius 2 is 1.03 bits per heavy atom. The maximum atomic E-state index is 9.02. The zero-order valence-electron chi connectivity index (χ0n) is 20.3. The van der Waals surface area contributed by atoms with E-state index in [0.717, 1.165) is 0 Å². The predicted molar refractivity (Wildman–Crippen MR) is 124 cm³/mol. The quantitative estimate of drug-likeness (QED) is 0.200. The fraction of sp³-hybridized carbons (Fsp3) is 1.00. The Morgan fingerprint density at radius 1 is 0.586 bits per heavy atom. The van der Waals surface area contributed by atoms with E-state index in [1.807, 2.05) is 13.8 Å². The zero-order valence-corrected chi connectivity index (χ0v) is 20.3. The smallest absolute Gasteiger partial charge is 0.0784 e. The number of hydrogen-bond donors (Lipinski definition) is 1. The first-order valence-corrected chi connectivity index (χ1v) is 12.5. The summed E-state index contributed by atoms with van der Waals surface area (Å²) in [5.41, 5.74) is 0. The fourth-order valence-electron chi connectivity index (χ4n) is 3.48. The topological polar surface area (TPSA) is 47.9 Å². The van der Waals surface area contributed by atoms with E-state index < -0.39 is 0 Å². The highest BCUT2D eigenvalue weighted by Crippen LogP contribution is 2.18. The molecule has 0 aliphatic rings. The van der Waals surface area contributed by atoms with Crippen LogP contribution in [0, 0.1) is 0 Å². The van der Waals surface area contributed by atoms with Crippen molar-refractivity contribution in [3.63, 3.8) is 0 Å². The molecule has 0 bridgehead atoms. The van der Waals surface area contributed by atoms with Crippen LogP contribution >= 0.6 is 0 Å². The molecule has 0 aromatic carbocycles. The van der Waals surface area contributed by atoms with Crippen LogP contribution in [0.15, 0.2) is 0 Å². The van der Waals surface area contributed by atoms with Crippen molar-refractivity contribution in [2.45, 2.75) is 143 Å². The lowest BCUT2D eigenvalue weighted by Gasteiger charge is -2.24. The molecule has 0 aliphatic carbocycles. The third-order valence-electron chi connectivity index (χ3n) is 5.42. The van der Waals surface area contributed by atoms with E-state index in [-0.39, 0.29) is 24.9 Å². The van der Waals surface area contributed by atoms with Crippen molar-refractivity contribution < 1.29 is 19.3 Å². The molecular weight excluding hydrogens is 364 g/mol. The second-order valence-electron chi connectivity index (χ2n) is 8.80. The van der Waals surface area contributed by atoms with Crippen LogP contribution in [0.3, 0.4) is 0 Å². The van der Waals surface area contributed by atoms with E-state index >= 15 is 0 Å². The monoisotopic (exact) mass is 416 g/mol. The van der Waals surface area contributed by atoms with E-state index in [2.05, 4.69) is 20.8 Å². The van der Waals surface area contributed by atoms with Crippen molar-refractivity contribution in [3.05, 3.63) is 0 Å². The van der Waals surface area contributed by atoms with Gasteiger partial charge in [-0.3, -0.25) is 0 Å². The summed E-state index contributed by atoms with van der Waals surface area (Å²) in [6, 6.07) is 0. The minimum absolute atomic E-state index is 0.0151. The molecular formula is C25H52O4. The fourth-order valence-corrected chi connectivity index (χ4v) is 3.48. The number of aliphatic hydroxyl groups excluding tert-OH is 1. The van der Waals surface area contributed by atoms with Crippen molar-refractivity contribution in [1.29, 1.82) is 0 Å². The van der Waals surface area contributed by atoms with Gasteiger partial charge < -0.3 is 19.3 Å². The highest BCUT2D eigenvalue weighted by Gasteiger charge is 2.15. The van der Waals surface area contributed by atoms with Crippen molar-refractivity contribution in [2.75, 3.05) is 19.8 Å². The summed E-state index contributed by atoms with van der Waals surface area (Å²) in [5.74, 6) is 0. The first kappa shape index (κ1) is 28.8. The summed E-state index contributed by atoms with van der Waals surface area (Å²) in [4.78, 5) is 0. The van der Waals surface area contributed by atoms with Gasteiger partial charge in [-0.25, -0.2) is 0 Å². The van der Waals surface area contributed by atoms with Gasteiger partial charge >= 0.3 is 0 Å². The van der Waals surface area contributed by atoms with Gasteiger partial charge in [0.2, 0.25) is 0 Å². The summed E-state index contributed by atoms with van der Waals surface area (Å²) in [5, 5.41) is 9.02. The molecule has 0 heterocycles. The van der Waals surface area contributed by atoms with Gasteiger partial charge in [-0.2, -0.15) is 0 Å². The highest BCUT2D eigenvalue weighted by atomic mass is 16.6. The maximum Gasteiger partial charge on any atom is 0.0784 e. The third kappa shape index (κ3) is 19.5. The molecule has 4 unspecified atom stereocenters. The molecule has 0 spiro atoms. The molecule has 0 saturated carbocycles. The third-order valence-corrected chi connectivity index (χ3v) is 5.42. The Bertz CT molecular complexity index is 324. The van der Waals surface area contributed by atoms with Crippen LogP contribution in [0.25, 0.3) is 0 Å². The zero-order chi connectivity index (χ0) is 21.7. The molecule has 0 aliphatic heterocycles. The average molecular weight is 417 g/mol. The molecule has 29 heavy (non-hydrogen) atoms. The molecule has 4 nitrogen and oxygen atoms in total. The Hall–Kier alpha value is -0.160. The van der Waals surface area contributed by atoms with Crippen LogP contribution < -0.4 is 0 Å². The molecule has 4 atom stereocenters. The highest BCUT2D eigenvalue weighted by molar-refractivity contribution is 4.63. The van der Waals surface area contributed by atoms with Gasteiger partial charge in [0.25, 0.3) is 0 Å². The molecule has 0 amide bonds. The van der Waals surface area contributed by atoms with Crippen molar-refractivity contribution in [3.8, 4) is 0 Å². The van der Waals surface area contributed by atoms with Crippen molar-refractivity contribution in [2.24, 2.45) is 0 Å². The van der Waals surface area contributed by atoms with Crippen LogP contribution in [-0.2, 0) is 14.2 Å². The standard InChI is InChI=1S/C25H52O4/c1-6-8-10-11-12-13-14-16-18-25(17-15-9-7-2)29-24(5)21-28-23(4)20-27-22(3)19-26/h22-26H,6-21H2,1-5H3. The molecule has 0 aromatic rings. The predicted octanol–water partition coefficient (Wildman–Crippen LogP) is 6.67. The number of ether oxygens (including phenoxy) is 3. The second-order valence-corrected chi connectivity index (χ2v) is 8.80. The number of unbranched alkanes of at least 4 members (excludes halogenated alkanes) is 9. The van der Waals surface area contributed by atoms with Gasteiger partial charge in [-0.15, -0.1) is 0 Å². The molecule has 0 saturated heterocycles. The molecule has 176 valence electrons. The van der Waals surface area contributed by atoms with Gasteiger partial charge in [0.1, 0.15) is 0 Å². The van der Waals surface area contributed by atoms with E-state index in [4.69, 9.17) is 19.3 Å². The first-order valence-electron chi connectivity index (χ1n) is 12.5. The van der Waals surface area contributed by atoms with Crippen LogP contribution in [-0.4, -0.2) is 49.3 Å². The van der Waals surface area contributed by atoms with Crippen LogP contribution in [0.1, 0.15) is 118 Å². The van der Waals surface area contributed by atoms with Crippen molar-refractivity contribution >= 4 is 0 Å². The van der Waals surface area contributed by atoms with Gasteiger partial charge in [0.15, 0.2) is 0 Å². The molecule has 0 rings (SSSR count). The summed E-state index contributed by atoms with van der Waals surface area (Å²) in [7, 11) is 0. The Morgan fingerprint density at radius 3 is 1.62 bits per heavy atom. The van der Waals surface area contributed by atoms with Crippen LogP contribution in [0.2, 0.25) is 0 Å². The Labute approximate surface area is 182 Å². The summed E-state index contributed by atoms with van der Waals surface area (Å²) in [6.07, 6.45) is 17.4. The first-order chi connectivity index (χ1) is 14.0. The lowest BCUT2D eigenvalue weighted by molar-refractivity contribution is -0.0925. The Kier molecular flexibility index (Phi) is 21.0. The maximum absolute atomic E-state index is 9.02. The van der Waals surface area contributed by atoms with Gasteiger partial charge in [0.05, 0.1) is 44.2 Å². The van der Waals surface area contributed by atoms with E-state index in [0.29, 0.717) is 19.3 Å². The average Bonchev–Trinajstić information content (AvgIpc) is 2.72. The van der Waals surface area contributed by atoms with Gasteiger partial charge in [-0.05, 0) is 33.6 Å². The van der Waals surface area contributed by atoms with E-state index in [1.54, 1.807) is 0 Å². The van der Waals surface area contributed by atoms with E-state index in [1.165, 1.54) is 83.5 Å². The van der Waals surface area contributed by atoms with Crippen LogP contribution in [0.4, 0.5) is 0 Å². The number of aliphatic hydroxyl groups is 1. The van der Waals surface area contributed by atoms with Gasteiger partial charge in [-0.1, -0.05) is 84.5 Å².